The Morgan fingerprint density at radius 1 is 1.04 bits per heavy atom. The van der Waals surface area contributed by atoms with Crippen LogP contribution >= 0.6 is 0 Å². The Kier molecular flexibility index (Phi) is 3.19. The fraction of sp³-hybridized carbons (Fsp3) is 0.111. The summed E-state index contributed by atoms with van der Waals surface area (Å²) in [4.78, 5) is 8.93. The van der Waals surface area contributed by atoms with Gasteiger partial charge in [-0.15, -0.1) is 0 Å². The lowest BCUT2D eigenvalue weighted by atomic mass is 10.1. The van der Waals surface area contributed by atoms with Gasteiger partial charge >= 0.3 is 0 Å². The van der Waals surface area contributed by atoms with Crippen LogP contribution in [0.1, 0.15) is 6.92 Å². The van der Waals surface area contributed by atoms with Crippen molar-refractivity contribution in [2.45, 2.75) is 6.92 Å². The molecule has 0 fully saturated rings. The summed E-state index contributed by atoms with van der Waals surface area (Å²) in [5.74, 6) is 0.674. The maximum atomic E-state index is 13.5. The van der Waals surface area contributed by atoms with Gasteiger partial charge in [0.15, 0.2) is 0 Å². The molecule has 4 nitrogen and oxygen atoms in total. The van der Waals surface area contributed by atoms with Crippen LogP contribution in [0.25, 0.3) is 27.9 Å². The Balaban J connectivity index is 1.80. The SMILES string of the molecule is CCN(F)c1ccc(-c2cnc3nc4ccccc4n3c2)cc1. The Morgan fingerprint density at radius 2 is 1.83 bits per heavy atom. The molecule has 0 bridgehead atoms. The maximum Gasteiger partial charge on any atom is 0.234 e. The standard InChI is InChI=1S/C18H15FN4/c1-2-23(19)15-9-7-13(8-10-15)14-11-20-18-21-16-5-3-4-6-17(16)22(18)12-14/h3-12H,2H2,1H3. The van der Waals surface area contributed by atoms with Crippen molar-refractivity contribution >= 4 is 22.5 Å². The number of aromatic nitrogens is 3. The quantitative estimate of drug-likeness (QED) is 0.530. The number of fused-ring (bicyclic) bond motifs is 3. The van der Waals surface area contributed by atoms with E-state index in [1.807, 2.05) is 47.0 Å². The van der Waals surface area contributed by atoms with Gasteiger partial charge in [-0.25, -0.2) is 15.1 Å². The predicted molar refractivity (Wildman–Crippen MR) is 90.1 cm³/mol. The van der Waals surface area contributed by atoms with Crippen LogP contribution in [0.5, 0.6) is 0 Å². The second kappa shape index (κ2) is 5.35. The molecular formula is C18H15FN4. The first-order valence-corrected chi connectivity index (χ1v) is 7.53. The Hall–Kier alpha value is -2.95. The molecule has 0 amide bonds. The van der Waals surface area contributed by atoms with Crippen molar-refractivity contribution in [1.29, 1.82) is 0 Å². The van der Waals surface area contributed by atoms with Gasteiger partial charge in [0.1, 0.15) is 0 Å². The van der Waals surface area contributed by atoms with Crippen LogP contribution in [0, 0.1) is 0 Å². The molecule has 0 saturated heterocycles. The van der Waals surface area contributed by atoms with E-state index in [1.54, 1.807) is 25.3 Å². The zero-order valence-electron chi connectivity index (χ0n) is 12.6. The van der Waals surface area contributed by atoms with Crippen molar-refractivity contribution in [3.05, 3.63) is 60.9 Å². The van der Waals surface area contributed by atoms with Gasteiger partial charge in [-0.05, 0) is 36.8 Å². The van der Waals surface area contributed by atoms with E-state index >= 15 is 0 Å². The summed E-state index contributed by atoms with van der Waals surface area (Å²) in [7, 11) is 0. The molecule has 23 heavy (non-hydrogen) atoms. The molecule has 0 unspecified atom stereocenters. The van der Waals surface area contributed by atoms with E-state index in [1.165, 1.54) is 0 Å². The molecule has 4 rings (SSSR count). The Morgan fingerprint density at radius 3 is 2.61 bits per heavy atom. The summed E-state index contributed by atoms with van der Waals surface area (Å²) in [6.07, 6.45) is 3.81. The first-order chi connectivity index (χ1) is 11.3. The lowest BCUT2D eigenvalue weighted by molar-refractivity contribution is 0.445. The predicted octanol–water partition coefficient (Wildman–Crippen LogP) is 4.26. The fourth-order valence-electron chi connectivity index (χ4n) is 2.70. The van der Waals surface area contributed by atoms with E-state index < -0.39 is 0 Å². The van der Waals surface area contributed by atoms with Crippen LogP contribution in [-0.4, -0.2) is 20.9 Å². The van der Waals surface area contributed by atoms with Crippen LogP contribution in [0.2, 0.25) is 0 Å². The van der Waals surface area contributed by atoms with Gasteiger partial charge < -0.3 is 0 Å². The molecule has 2 aromatic carbocycles. The van der Waals surface area contributed by atoms with E-state index in [0.29, 0.717) is 23.1 Å². The third kappa shape index (κ3) is 2.30. The molecular weight excluding hydrogens is 291 g/mol. The third-order valence-corrected chi connectivity index (χ3v) is 3.92. The highest BCUT2D eigenvalue weighted by atomic mass is 19.2. The Bertz CT molecular complexity index is 975. The smallest absolute Gasteiger partial charge is 0.234 e. The first-order valence-electron chi connectivity index (χ1n) is 7.53. The number of nitrogens with zero attached hydrogens (tertiary/aromatic N) is 4. The van der Waals surface area contributed by atoms with Crippen LogP contribution in [0.3, 0.4) is 0 Å². The van der Waals surface area contributed by atoms with Crippen LogP contribution in [-0.2, 0) is 0 Å². The molecule has 0 atom stereocenters. The van der Waals surface area contributed by atoms with Crippen molar-refractivity contribution in [3.63, 3.8) is 0 Å². The number of benzene rings is 2. The number of para-hydroxylation sites is 2. The summed E-state index contributed by atoms with van der Waals surface area (Å²) in [5.41, 5.74) is 4.45. The molecule has 2 heterocycles. The monoisotopic (exact) mass is 306 g/mol. The summed E-state index contributed by atoms with van der Waals surface area (Å²) in [5, 5.41) is 0.717. The van der Waals surface area contributed by atoms with Crippen LogP contribution in [0.15, 0.2) is 60.9 Å². The normalized spacial score (nSPS) is 11.2. The van der Waals surface area contributed by atoms with E-state index in [2.05, 4.69) is 9.97 Å². The zero-order chi connectivity index (χ0) is 15.8. The maximum absolute atomic E-state index is 13.5. The minimum atomic E-state index is 0.327. The summed E-state index contributed by atoms with van der Waals surface area (Å²) in [6, 6.07) is 15.3. The lowest BCUT2D eigenvalue weighted by Crippen LogP contribution is -2.09. The number of hydrogen-bond acceptors (Lipinski definition) is 3. The molecule has 0 spiro atoms. The van der Waals surface area contributed by atoms with Crippen molar-refractivity contribution in [3.8, 4) is 11.1 Å². The third-order valence-electron chi connectivity index (χ3n) is 3.92. The highest BCUT2D eigenvalue weighted by Gasteiger charge is 2.08. The minimum absolute atomic E-state index is 0.327. The number of hydrogen-bond donors (Lipinski definition) is 0. The van der Waals surface area contributed by atoms with Gasteiger partial charge in [-0.2, -0.15) is 0 Å². The van der Waals surface area contributed by atoms with Gasteiger partial charge in [0.25, 0.3) is 0 Å². The van der Waals surface area contributed by atoms with Gasteiger partial charge in [0, 0.05) is 24.5 Å². The topological polar surface area (TPSA) is 33.4 Å². The highest BCUT2D eigenvalue weighted by Crippen LogP contribution is 2.24. The van der Waals surface area contributed by atoms with Crippen molar-refractivity contribution in [1.82, 2.24) is 14.4 Å². The minimum Gasteiger partial charge on any atom is -0.283 e. The average molecular weight is 306 g/mol. The molecule has 0 radical (unpaired) electrons. The first kappa shape index (κ1) is 13.7. The van der Waals surface area contributed by atoms with Gasteiger partial charge in [-0.1, -0.05) is 28.7 Å². The Labute approximate surface area is 132 Å². The largest absolute Gasteiger partial charge is 0.283 e. The molecule has 0 aliphatic carbocycles. The van der Waals surface area contributed by atoms with E-state index in [9.17, 15) is 4.48 Å². The number of halogens is 1. The number of anilines is 1. The summed E-state index contributed by atoms with van der Waals surface area (Å²) < 4.78 is 15.5. The van der Waals surface area contributed by atoms with Crippen molar-refractivity contribution < 1.29 is 4.48 Å². The van der Waals surface area contributed by atoms with Gasteiger partial charge in [0.05, 0.1) is 16.7 Å². The van der Waals surface area contributed by atoms with Crippen LogP contribution < -0.4 is 5.12 Å². The van der Waals surface area contributed by atoms with E-state index in [-0.39, 0.29) is 0 Å². The molecule has 0 aliphatic rings. The van der Waals surface area contributed by atoms with Crippen molar-refractivity contribution in [2.75, 3.05) is 11.7 Å². The second-order valence-corrected chi connectivity index (χ2v) is 5.34. The molecule has 114 valence electrons. The molecule has 0 saturated carbocycles. The van der Waals surface area contributed by atoms with E-state index in [4.69, 9.17) is 0 Å². The highest BCUT2D eigenvalue weighted by molar-refractivity contribution is 5.80. The van der Waals surface area contributed by atoms with E-state index in [0.717, 1.165) is 22.2 Å². The summed E-state index contributed by atoms with van der Waals surface area (Å²) >= 11 is 0. The van der Waals surface area contributed by atoms with Gasteiger partial charge in [-0.3, -0.25) is 4.40 Å². The lowest BCUT2D eigenvalue weighted by Gasteiger charge is -2.11. The number of rotatable bonds is 3. The average Bonchev–Trinajstić information content (AvgIpc) is 2.99. The molecule has 2 aromatic heterocycles. The number of imidazole rings is 1. The van der Waals surface area contributed by atoms with Crippen molar-refractivity contribution in [2.24, 2.45) is 0 Å². The fourth-order valence-corrected chi connectivity index (χ4v) is 2.70. The zero-order valence-corrected chi connectivity index (χ0v) is 12.6. The molecule has 4 aromatic rings. The molecule has 0 N–H and O–H groups in total. The second-order valence-electron chi connectivity index (χ2n) is 5.34. The molecule has 0 aliphatic heterocycles. The van der Waals surface area contributed by atoms with Crippen LogP contribution in [0.4, 0.5) is 10.2 Å². The summed E-state index contributed by atoms with van der Waals surface area (Å²) in [6.45, 7) is 2.10. The van der Waals surface area contributed by atoms with Gasteiger partial charge in [0.2, 0.25) is 5.78 Å². The molecule has 5 heteroatoms.